The highest BCUT2D eigenvalue weighted by atomic mass is 16.5. The van der Waals surface area contributed by atoms with E-state index in [2.05, 4.69) is 12.8 Å². The Morgan fingerprint density at radius 1 is 1.45 bits per heavy atom. The molecule has 3 N–H and O–H groups in total. The predicted octanol–water partition coefficient (Wildman–Crippen LogP) is 2.40. The molecule has 0 unspecified atom stereocenters. The fourth-order valence-electron chi connectivity index (χ4n) is 1.62. The minimum atomic E-state index is -0.201. The first-order valence-electron chi connectivity index (χ1n) is 7.18. The van der Waals surface area contributed by atoms with Crippen molar-refractivity contribution in [2.24, 2.45) is 5.73 Å². The number of allylic oxidation sites excluding steroid dienone is 1. The third kappa shape index (κ3) is 10.6. The van der Waals surface area contributed by atoms with Crippen molar-refractivity contribution >= 4 is 5.97 Å². The summed E-state index contributed by atoms with van der Waals surface area (Å²) in [6.45, 7) is 6.20. The maximum absolute atomic E-state index is 11.2. The summed E-state index contributed by atoms with van der Waals surface area (Å²) in [7, 11) is 0. The monoisotopic (exact) mass is 283 g/mol. The van der Waals surface area contributed by atoms with Crippen LogP contribution >= 0.6 is 0 Å². The standard InChI is InChI=1S/C9H15NO2.C5H12O.C2H2/c1-2-12-9(11)7-4-3-5-8(10)6-7;1-3-5(6)4-2;1-2/h4,8H,2-3,5-6,10H2,1H3;5-6H,3-4H2,1-2H3;1-2H/t8-;;/m0../s1. The van der Waals surface area contributed by atoms with Gasteiger partial charge in [0, 0.05) is 11.6 Å². The van der Waals surface area contributed by atoms with E-state index in [1.54, 1.807) is 6.92 Å². The molecular formula is C16H29NO3. The number of carbonyl (C=O) groups excluding carboxylic acids is 1. The van der Waals surface area contributed by atoms with Crippen molar-refractivity contribution < 1.29 is 14.6 Å². The SMILES string of the molecule is C#C.CCC(O)CC.CCOC(=O)C1=CCC[C@H](N)C1. The van der Waals surface area contributed by atoms with Crippen LogP contribution in [0.4, 0.5) is 0 Å². The Morgan fingerprint density at radius 3 is 2.35 bits per heavy atom. The lowest BCUT2D eigenvalue weighted by molar-refractivity contribution is -0.138. The molecule has 0 amide bonds. The number of hydrogen-bond acceptors (Lipinski definition) is 4. The number of rotatable bonds is 4. The van der Waals surface area contributed by atoms with Crippen molar-refractivity contribution in [2.45, 2.75) is 65.0 Å². The molecule has 0 bridgehead atoms. The van der Waals surface area contributed by atoms with Crippen LogP contribution in [0.1, 0.15) is 52.9 Å². The van der Waals surface area contributed by atoms with Gasteiger partial charge in [0.2, 0.25) is 0 Å². The van der Waals surface area contributed by atoms with Crippen molar-refractivity contribution in [3.63, 3.8) is 0 Å². The van der Waals surface area contributed by atoms with E-state index in [1.807, 2.05) is 19.9 Å². The van der Waals surface area contributed by atoms with Crippen LogP contribution in [0.25, 0.3) is 0 Å². The Labute approximate surface area is 123 Å². The van der Waals surface area contributed by atoms with Crippen molar-refractivity contribution in [1.29, 1.82) is 0 Å². The molecule has 116 valence electrons. The van der Waals surface area contributed by atoms with E-state index in [0.29, 0.717) is 13.0 Å². The Bertz CT molecular complexity index is 293. The van der Waals surface area contributed by atoms with Crippen molar-refractivity contribution in [1.82, 2.24) is 0 Å². The van der Waals surface area contributed by atoms with Crippen LogP contribution < -0.4 is 5.73 Å². The lowest BCUT2D eigenvalue weighted by atomic mass is 9.96. The average molecular weight is 283 g/mol. The number of carbonyl (C=O) groups is 1. The first kappa shape index (κ1) is 21.0. The fourth-order valence-corrected chi connectivity index (χ4v) is 1.62. The van der Waals surface area contributed by atoms with E-state index < -0.39 is 0 Å². The Kier molecular flexibility index (Phi) is 14.8. The van der Waals surface area contributed by atoms with Gasteiger partial charge in [-0.15, -0.1) is 12.8 Å². The second kappa shape index (κ2) is 14.1. The topological polar surface area (TPSA) is 72.5 Å². The van der Waals surface area contributed by atoms with Gasteiger partial charge in [-0.05, 0) is 39.0 Å². The molecule has 20 heavy (non-hydrogen) atoms. The van der Waals surface area contributed by atoms with Crippen LogP contribution in [0.2, 0.25) is 0 Å². The third-order valence-electron chi connectivity index (χ3n) is 2.89. The van der Waals surface area contributed by atoms with Gasteiger partial charge in [0.05, 0.1) is 12.7 Å². The normalized spacial score (nSPS) is 17.0. The molecule has 0 spiro atoms. The zero-order valence-electron chi connectivity index (χ0n) is 13.0. The van der Waals surface area contributed by atoms with E-state index in [9.17, 15) is 4.79 Å². The number of aliphatic hydroxyl groups excluding tert-OH is 1. The molecule has 0 aromatic carbocycles. The molecule has 0 heterocycles. The van der Waals surface area contributed by atoms with Gasteiger partial charge < -0.3 is 15.6 Å². The molecule has 4 heteroatoms. The fraction of sp³-hybridized carbons (Fsp3) is 0.688. The lowest BCUT2D eigenvalue weighted by Gasteiger charge is -2.17. The zero-order chi connectivity index (χ0) is 16.0. The molecule has 1 rings (SSSR count). The first-order valence-corrected chi connectivity index (χ1v) is 7.18. The highest BCUT2D eigenvalue weighted by Gasteiger charge is 2.17. The molecule has 0 saturated carbocycles. The van der Waals surface area contributed by atoms with Crippen molar-refractivity contribution in [3.05, 3.63) is 11.6 Å². The smallest absolute Gasteiger partial charge is 0.333 e. The van der Waals surface area contributed by atoms with E-state index in [4.69, 9.17) is 15.6 Å². The molecule has 0 aromatic rings. The van der Waals surface area contributed by atoms with Crippen LogP contribution in [0.3, 0.4) is 0 Å². The second-order valence-corrected chi connectivity index (χ2v) is 4.46. The Balaban J connectivity index is 0. The number of ether oxygens (including phenoxy) is 1. The molecule has 0 fully saturated rings. The summed E-state index contributed by atoms with van der Waals surface area (Å²) in [6.07, 6.45) is 14.2. The molecule has 0 aromatic heterocycles. The van der Waals surface area contributed by atoms with Crippen LogP contribution in [0, 0.1) is 12.8 Å². The van der Waals surface area contributed by atoms with E-state index in [0.717, 1.165) is 31.3 Å². The molecule has 0 radical (unpaired) electrons. The quantitative estimate of drug-likeness (QED) is 0.614. The number of terminal acetylenes is 1. The maximum atomic E-state index is 11.2. The van der Waals surface area contributed by atoms with Gasteiger partial charge in [0.15, 0.2) is 0 Å². The largest absolute Gasteiger partial charge is 0.463 e. The van der Waals surface area contributed by atoms with Crippen LogP contribution in [-0.2, 0) is 9.53 Å². The third-order valence-corrected chi connectivity index (χ3v) is 2.89. The molecule has 4 nitrogen and oxygen atoms in total. The van der Waals surface area contributed by atoms with Gasteiger partial charge in [-0.2, -0.15) is 0 Å². The van der Waals surface area contributed by atoms with Crippen LogP contribution in [-0.4, -0.2) is 29.8 Å². The Morgan fingerprint density at radius 2 is 2.00 bits per heavy atom. The highest BCUT2D eigenvalue weighted by Crippen LogP contribution is 2.17. The van der Waals surface area contributed by atoms with Gasteiger partial charge in [-0.25, -0.2) is 4.79 Å². The van der Waals surface area contributed by atoms with Crippen molar-refractivity contribution in [2.75, 3.05) is 6.61 Å². The summed E-state index contributed by atoms with van der Waals surface area (Å²) < 4.78 is 4.87. The molecule has 0 aliphatic heterocycles. The van der Waals surface area contributed by atoms with E-state index in [1.165, 1.54) is 0 Å². The first-order chi connectivity index (χ1) is 9.54. The summed E-state index contributed by atoms with van der Waals surface area (Å²) in [5.41, 5.74) is 6.46. The predicted molar refractivity (Wildman–Crippen MR) is 83.0 cm³/mol. The summed E-state index contributed by atoms with van der Waals surface area (Å²) in [6, 6.07) is 0.134. The number of esters is 1. The second-order valence-electron chi connectivity index (χ2n) is 4.46. The molecule has 0 saturated heterocycles. The lowest BCUT2D eigenvalue weighted by Crippen LogP contribution is -2.25. The molecule has 1 aliphatic rings. The van der Waals surface area contributed by atoms with Gasteiger partial charge in [0.1, 0.15) is 0 Å². The minimum Gasteiger partial charge on any atom is -0.463 e. The average Bonchev–Trinajstić information content (AvgIpc) is 2.49. The number of aliphatic hydroxyl groups is 1. The van der Waals surface area contributed by atoms with Crippen LogP contribution in [0.5, 0.6) is 0 Å². The molecule has 1 aliphatic carbocycles. The van der Waals surface area contributed by atoms with Crippen LogP contribution in [0.15, 0.2) is 11.6 Å². The van der Waals surface area contributed by atoms with Gasteiger partial charge in [0.25, 0.3) is 0 Å². The van der Waals surface area contributed by atoms with E-state index >= 15 is 0 Å². The van der Waals surface area contributed by atoms with E-state index in [-0.39, 0.29) is 18.1 Å². The van der Waals surface area contributed by atoms with Crippen molar-refractivity contribution in [3.8, 4) is 12.8 Å². The summed E-state index contributed by atoms with van der Waals surface area (Å²) in [5.74, 6) is -0.201. The number of hydrogen-bond donors (Lipinski definition) is 2. The molecular weight excluding hydrogens is 254 g/mol. The summed E-state index contributed by atoms with van der Waals surface area (Å²) >= 11 is 0. The van der Waals surface area contributed by atoms with Gasteiger partial charge in [-0.3, -0.25) is 0 Å². The zero-order valence-corrected chi connectivity index (χ0v) is 13.0. The molecule has 1 atom stereocenters. The number of nitrogens with two attached hydrogens (primary N) is 1. The highest BCUT2D eigenvalue weighted by molar-refractivity contribution is 5.88. The maximum Gasteiger partial charge on any atom is 0.333 e. The summed E-state index contributed by atoms with van der Waals surface area (Å²) in [5, 5.41) is 8.67. The Hall–Kier alpha value is -1.31. The summed E-state index contributed by atoms with van der Waals surface area (Å²) in [4.78, 5) is 11.2. The van der Waals surface area contributed by atoms with Gasteiger partial charge in [-0.1, -0.05) is 19.9 Å². The van der Waals surface area contributed by atoms with Gasteiger partial charge >= 0.3 is 5.97 Å². The minimum absolute atomic E-state index is 0.0648.